The van der Waals surface area contributed by atoms with Crippen molar-refractivity contribution < 1.29 is 9.13 Å². The van der Waals surface area contributed by atoms with E-state index in [0.717, 1.165) is 5.56 Å². The molecule has 0 atom stereocenters. The zero-order valence-corrected chi connectivity index (χ0v) is 9.24. The topological polar surface area (TPSA) is 73.6 Å². The molecular formula is C11H16FN3O. The van der Waals surface area contributed by atoms with E-state index in [9.17, 15) is 4.39 Å². The van der Waals surface area contributed by atoms with Crippen LogP contribution < -0.4 is 16.2 Å². The first-order chi connectivity index (χ1) is 7.63. The van der Waals surface area contributed by atoms with Gasteiger partial charge in [0.1, 0.15) is 0 Å². The van der Waals surface area contributed by atoms with Gasteiger partial charge >= 0.3 is 0 Å². The second kappa shape index (κ2) is 5.95. The van der Waals surface area contributed by atoms with Crippen molar-refractivity contribution in [2.45, 2.75) is 13.3 Å². The van der Waals surface area contributed by atoms with Crippen molar-refractivity contribution in [3.05, 3.63) is 29.6 Å². The summed E-state index contributed by atoms with van der Waals surface area (Å²) in [6.07, 6.45) is 0.598. The van der Waals surface area contributed by atoms with E-state index in [4.69, 9.17) is 16.2 Å². The number of halogens is 1. The SMILES string of the molecule is CCOc1ccc(CCN=C(N)N)cc1F. The molecular weight excluding hydrogens is 209 g/mol. The normalized spacial score (nSPS) is 9.88. The van der Waals surface area contributed by atoms with Crippen LogP contribution in [0.25, 0.3) is 0 Å². The standard InChI is InChI=1S/C11H16FN3O/c1-2-16-10-4-3-8(7-9(10)12)5-6-15-11(13)14/h3-4,7H,2,5-6H2,1H3,(H4,13,14,15). The summed E-state index contributed by atoms with van der Waals surface area (Å²) in [7, 11) is 0. The van der Waals surface area contributed by atoms with Gasteiger partial charge in [0.25, 0.3) is 0 Å². The lowest BCUT2D eigenvalue weighted by Gasteiger charge is -2.06. The Morgan fingerprint density at radius 2 is 2.19 bits per heavy atom. The fourth-order valence-corrected chi connectivity index (χ4v) is 1.29. The number of rotatable bonds is 5. The third-order valence-electron chi connectivity index (χ3n) is 1.99. The first kappa shape index (κ1) is 12.3. The molecule has 16 heavy (non-hydrogen) atoms. The van der Waals surface area contributed by atoms with E-state index in [0.29, 0.717) is 19.6 Å². The van der Waals surface area contributed by atoms with Crippen LogP contribution in [0.1, 0.15) is 12.5 Å². The van der Waals surface area contributed by atoms with Crippen LogP contribution in [0.3, 0.4) is 0 Å². The van der Waals surface area contributed by atoms with E-state index in [1.807, 2.05) is 6.92 Å². The van der Waals surface area contributed by atoms with Gasteiger partial charge < -0.3 is 16.2 Å². The molecule has 0 radical (unpaired) electrons. The molecule has 1 aromatic rings. The minimum Gasteiger partial charge on any atom is -0.491 e. The van der Waals surface area contributed by atoms with Gasteiger partial charge in [0.05, 0.1) is 6.61 Å². The first-order valence-electron chi connectivity index (χ1n) is 5.10. The summed E-state index contributed by atoms with van der Waals surface area (Å²) in [5, 5.41) is 0. The maximum Gasteiger partial charge on any atom is 0.185 e. The number of benzene rings is 1. The largest absolute Gasteiger partial charge is 0.491 e. The lowest BCUT2D eigenvalue weighted by atomic mass is 10.1. The fraction of sp³-hybridized carbons (Fsp3) is 0.364. The van der Waals surface area contributed by atoms with E-state index < -0.39 is 0 Å². The highest BCUT2D eigenvalue weighted by atomic mass is 19.1. The molecule has 1 rings (SSSR count). The van der Waals surface area contributed by atoms with Gasteiger partial charge in [-0.3, -0.25) is 4.99 Å². The van der Waals surface area contributed by atoms with Gasteiger partial charge in [-0.05, 0) is 31.0 Å². The van der Waals surface area contributed by atoms with Gasteiger partial charge in [-0.1, -0.05) is 6.07 Å². The Labute approximate surface area is 94.1 Å². The van der Waals surface area contributed by atoms with Crippen LogP contribution >= 0.6 is 0 Å². The highest BCUT2D eigenvalue weighted by Gasteiger charge is 2.03. The summed E-state index contributed by atoms with van der Waals surface area (Å²) >= 11 is 0. The van der Waals surface area contributed by atoms with Crippen molar-refractivity contribution in [1.82, 2.24) is 0 Å². The number of nitrogens with two attached hydrogens (primary N) is 2. The highest BCUT2D eigenvalue weighted by Crippen LogP contribution is 2.18. The van der Waals surface area contributed by atoms with Gasteiger partial charge in [0.15, 0.2) is 17.5 Å². The molecule has 4 nitrogen and oxygen atoms in total. The molecule has 0 fully saturated rings. The molecule has 4 N–H and O–H groups in total. The summed E-state index contributed by atoms with van der Waals surface area (Å²) in [4.78, 5) is 3.83. The lowest BCUT2D eigenvalue weighted by molar-refractivity contribution is 0.321. The van der Waals surface area contributed by atoms with Crippen molar-refractivity contribution in [2.24, 2.45) is 16.5 Å². The zero-order chi connectivity index (χ0) is 12.0. The summed E-state index contributed by atoms with van der Waals surface area (Å²) in [5.74, 6) is -0.0384. The van der Waals surface area contributed by atoms with E-state index in [1.165, 1.54) is 6.07 Å². The maximum absolute atomic E-state index is 13.4. The molecule has 0 aromatic heterocycles. The molecule has 0 aliphatic carbocycles. The summed E-state index contributed by atoms with van der Waals surface area (Å²) in [5.41, 5.74) is 11.2. The number of hydrogen-bond donors (Lipinski definition) is 2. The highest BCUT2D eigenvalue weighted by molar-refractivity contribution is 5.75. The Hall–Kier alpha value is -1.78. The molecule has 88 valence electrons. The van der Waals surface area contributed by atoms with Gasteiger partial charge in [-0.2, -0.15) is 0 Å². The predicted octanol–water partition coefficient (Wildman–Crippen LogP) is 1.04. The predicted molar refractivity (Wildman–Crippen MR) is 61.9 cm³/mol. The Bertz CT molecular complexity index is 375. The number of nitrogens with zero attached hydrogens (tertiary/aromatic N) is 1. The van der Waals surface area contributed by atoms with Crippen LogP contribution in [0.4, 0.5) is 4.39 Å². The third kappa shape index (κ3) is 3.76. The average molecular weight is 225 g/mol. The van der Waals surface area contributed by atoms with Crippen molar-refractivity contribution >= 4 is 5.96 Å². The molecule has 0 heterocycles. The molecule has 5 heteroatoms. The van der Waals surface area contributed by atoms with E-state index in [1.54, 1.807) is 12.1 Å². The summed E-state index contributed by atoms with van der Waals surface area (Å²) in [6, 6.07) is 4.85. The van der Waals surface area contributed by atoms with Crippen LogP contribution in [0.2, 0.25) is 0 Å². The van der Waals surface area contributed by atoms with Gasteiger partial charge in [-0.25, -0.2) is 4.39 Å². The van der Waals surface area contributed by atoms with Crippen molar-refractivity contribution in [3.8, 4) is 5.75 Å². The Morgan fingerprint density at radius 3 is 2.75 bits per heavy atom. The number of ether oxygens (including phenoxy) is 1. The van der Waals surface area contributed by atoms with Crippen molar-refractivity contribution in [3.63, 3.8) is 0 Å². The molecule has 0 saturated carbocycles. The lowest BCUT2D eigenvalue weighted by Crippen LogP contribution is -2.23. The van der Waals surface area contributed by atoms with Gasteiger partial charge in [-0.15, -0.1) is 0 Å². The number of guanidine groups is 1. The quantitative estimate of drug-likeness (QED) is 0.581. The van der Waals surface area contributed by atoms with Crippen LogP contribution in [-0.2, 0) is 6.42 Å². The molecule has 0 aliphatic heterocycles. The molecule has 0 spiro atoms. The zero-order valence-electron chi connectivity index (χ0n) is 9.24. The molecule has 0 amide bonds. The van der Waals surface area contributed by atoms with Crippen molar-refractivity contribution in [1.29, 1.82) is 0 Å². The minimum absolute atomic E-state index is 0.0476. The van der Waals surface area contributed by atoms with E-state index in [-0.39, 0.29) is 17.5 Å². The van der Waals surface area contributed by atoms with Crippen molar-refractivity contribution in [2.75, 3.05) is 13.2 Å². The van der Waals surface area contributed by atoms with Crippen LogP contribution in [0, 0.1) is 5.82 Å². The summed E-state index contributed by atoms with van der Waals surface area (Å²) in [6.45, 7) is 2.71. The maximum atomic E-state index is 13.4. The minimum atomic E-state index is -0.357. The Morgan fingerprint density at radius 1 is 1.44 bits per heavy atom. The second-order valence-corrected chi connectivity index (χ2v) is 3.25. The first-order valence-corrected chi connectivity index (χ1v) is 5.10. The van der Waals surface area contributed by atoms with Crippen LogP contribution in [-0.4, -0.2) is 19.1 Å². The number of aliphatic imine (C=N–C) groups is 1. The second-order valence-electron chi connectivity index (χ2n) is 3.25. The molecule has 0 bridgehead atoms. The van der Waals surface area contributed by atoms with E-state index in [2.05, 4.69) is 4.99 Å². The molecule has 0 saturated heterocycles. The fourth-order valence-electron chi connectivity index (χ4n) is 1.29. The Balaban J connectivity index is 2.62. The van der Waals surface area contributed by atoms with Gasteiger partial charge in [0.2, 0.25) is 0 Å². The van der Waals surface area contributed by atoms with Crippen LogP contribution in [0.15, 0.2) is 23.2 Å². The molecule has 1 aromatic carbocycles. The average Bonchev–Trinajstić information content (AvgIpc) is 2.21. The molecule has 0 aliphatic rings. The molecule has 0 unspecified atom stereocenters. The third-order valence-corrected chi connectivity index (χ3v) is 1.99. The van der Waals surface area contributed by atoms with Crippen LogP contribution in [0.5, 0.6) is 5.75 Å². The van der Waals surface area contributed by atoms with Gasteiger partial charge in [0, 0.05) is 6.54 Å². The van der Waals surface area contributed by atoms with E-state index >= 15 is 0 Å². The number of hydrogen-bond acceptors (Lipinski definition) is 2. The monoisotopic (exact) mass is 225 g/mol. The Kier molecular flexibility index (Phi) is 4.57. The summed E-state index contributed by atoms with van der Waals surface area (Å²) < 4.78 is 18.5. The smallest absolute Gasteiger partial charge is 0.185 e.